The van der Waals surface area contributed by atoms with Crippen LogP contribution in [-0.2, 0) is 0 Å². The third-order valence-corrected chi connectivity index (χ3v) is 2.33. The second-order valence-corrected chi connectivity index (χ2v) is 3.93. The van der Waals surface area contributed by atoms with Crippen molar-refractivity contribution in [2.24, 2.45) is 5.92 Å². The highest BCUT2D eigenvalue weighted by Crippen LogP contribution is 2.21. The van der Waals surface area contributed by atoms with E-state index in [0.717, 1.165) is 0 Å². The average Bonchev–Trinajstić information content (AvgIpc) is 1.85. The number of aliphatic hydroxyl groups excluding tert-OH is 1. The van der Waals surface area contributed by atoms with Crippen molar-refractivity contribution in [3.63, 3.8) is 0 Å². The lowest BCUT2D eigenvalue weighted by atomic mass is 9.87. The summed E-state index contributed by atoms with van der Waals surface area (Å²) in [6, 6.07) is 0. The molecular formula is C9H21NO2. The van der Waals surface area contributed by atoms with Gasteiger partial charge in [-0.3, -0.25) is 0 Å². The summed E-state index contributed by atoms with van der Waals surface area (Å²) in [5.41, 5.74) is -0.768. The maximum absolute atomic E-state index is 9.80. The molecule has 0 aliphatic rings. The average molecular weight is 175 g/mol. The van der Waals surface area contributed by atoms with Crippen molar-refractivity contribution in [1.29, 1.82) is 0 Å². The Morgan fingerprint density at radius 2 is 1.92 bits per heavy atom. The predicted octanol–water partition coefficient (Wildman–Crippen LogP) is 0.364. The first-order valence-corrected chi connectivity index (χ1v) is 4.45. The quantitative estimate of drug-likeness (QED) is 0.565. The summed E-state index contributed by atoms with van der Waals surface area (Å²) in [7, 11) is 1.79. The van der Waals surface area contributed by atoms with Crippen molar-refractivity contribution >= 4 is 0 Å². The molecule has 12 heavy (non-hydrogen) atoms. The number of rotatable bonds is 5. The summed E-state index contributed by atoms with van der Waals surface area (Å²) >= 11 is 0. The SMILES string of the molecule is CNC[C@@H](O)C[C@](C)(O)C(C)C. The summed E-state index contributed by atoms with van der Waals surface area (Å²) in [6.07, 6.45) is -0.0432. The largest absolute Gasteiger partial charge is 0.392 e. The maximum atomic E-state index is 9.80. The Hall–Kier alpha value is -0.120. The van der Waals surface area contributed by atoms with Crippen molar-refractivity contribution in [3.05, 3.63) is 0 Å². The topological polar surface area (TPSA) is 52.5 Å². The molecule has 0 aliphatic heterocycles. The van der Waals surface area contributed by atoms with E-state index < -0.39 is 11.7 Å². The van der Waals surface area contributed by atoms with Crippen LogP contribution in [0, 0.1) is 5.92 Å². The number of hydrogen-bond donors (Lipinski definition) is 3. The van der Waals surface area contributed by atoms with E-state index in [4.69, 9.17) is 0 Å². The predicted molar refractivity (Wildman–Crippen MR) is 50.0 cm³/mol. The van der Waals surface area contributed by atoms with E-state index in [1.807, 2.05) is 13.8 Å². The van der Waals surface area contributed by atoms with Gasteiger partial charge in [0.25, 0.3) is 0 Å². The Balaban J connectivity index is 3.88. The smallest absolute Gasteiger partial charge is 0.0691 e. The Bertz CT molecular complexity index is 124. The van der Waals surface area contributed by atoms with Crippen molar-refractivity contribution in [1.82, 2.24) is 5.32 Å². The lowest BCUT2D eigenvalue weighted by Crippen LogP contribution is -2.38. The molecule has 0 fully saturated rings. The van der Waals surface area contributed by atoms with Crippen LogP contribution in [0.4, 0.5) is 0 Å². The molecule has 0 amide bonds. The number of likely N-dealkylation sites (N-methyl/N-ethyl adjacent to an activating group) is 1. The molecule has 0 bridgehead atoms. The molecular weight excluding hydrogens is 154 g/mol. The summed E-state index contributed by atoms with van der Waals surface area (Å²) in [5.74, 6) is 0.170. The van der Waals surface area contributed by atoms with Gasteiger partial charge in [-0.1, -0.05) is 13.8 Å². The highest BCUT2D eigenvalue weighted by Gasteiger charge is 2.27. The van der Waals surface area contributed by atoms with E-state index in [2.05, 4.69) is 5.32 Å². The zero-order chi connectivity index (χ0) is 9.78. The van der Waals surface area contributed by atoms with E-state index in [0.29, 0.717) is 13.0 Å². The fourth-order valence-electron chi connectivity index (χ4n) is 1.02. The van der Waals surface area contributed by atoms with Gasteiger partial charge < -0.3 is 15.5 Å². The van der Waals surface area contributed by atoms with Crippen LogP contribution in [0.3, 0.4) is 0 Å². The van der Waals surface area contributed by atoms with Crippen LogP contribution in [0.25, 0.3) is 0 Å². The minimum absolute atomic E-state index is 0.170. The highest BCUT2D eigenvalue weighted by atomic mass is 16.3. The van der Waals surface area contributed by atoms with Gasteiger partial charge in [-0.25, -0.2) is 0 Å². The van der Waals surface area contributed by atoms with Gasteiger partial charge in [-0.05, 0) is 19.9 Å². The van der Waals surface area contributed by atoms with Crippen molar-refractivity contribution in [2.45, 2.75) is 38.9 Å². The molecule has 0 aromatic heterocycles. The van der Waals surface area contributed by atoms with Crippen LogP contribution in [0.5, 0.6) is 0 Å². The highest BCUT2D eigenvalue weighted by molar-refractivity contribution is 4.80. The van der Waals surface area contributed by atoms with E-state index >= 15 is 0 Å². The van der Waals surface area contributed by atoms with Gasteiger partial charge >= 0.3 is 0 Å². The Morgan fingerprint density at radius 3 is 2.25 bits per heavy atom. The first kappa shape index (κ1) is 11.9. The molecule has 0 saturated heterocycles. The van der Waals surface area contributed by atoms with Crippen molar-refractivity contribution in [2.75, 3.05) is 13.6 Å². The second-order valence-electron chi connectivity index (χ2n) is 3.93. The van der Waals surface area contributed by atoms with Crippen LogP contribution in [-0.4, -0.2) is 35.5 Å². The van der Waals surface area contributed by atoms with Crippen LogP contribution in [0.1, 0.15) is 27.2 Å². The minimum Gasteiger partial charge on any atom is -0.392 e. The first-order valence-electron chi connectivity index (χ1n) is 4.45. The van der Waals surface area contributed by atoms with Crippen LogP contribution >= 0.6 is 0 Å². The molecule has 0 saturated carbocycles. The Morgan fingerprint density at radius 1 is 1.42 bits per heavy atom. The number of aliphatic hydroxyl groups is 2. The maximum Gasteiger partial charge on any atom is 0.0691 e. The molecule has 0 aromatic carbocycles. The molecule has 0 radical (unpaired) electrons. The molecule has 3 N–H and O–H groups in total. The fraction of sp³-hybridized carbons (Fsp3) is 1.00. The summed E-state index contributed by atoms with van der Waals surface area (Å²) in [5, 5.41) is 22.1. The minimum atomic E-state index is -0.768. The molecule has 0 aromatic rings. The number of nitrogens with one attached hydrogen (secondary N) is 1. The van der Waals surface area contributed by atoms with Gasteiger partial charge in [0.2, 0.25) is 0 Å². The zero-order valence-electron chi connectivity index (χ0n) is 8.46. The lowest BCUT2D eigenvalue weighted by Gasteiger charge is -2.29. The lowest BCUT2D eigenvalue weighted by molar-refractivity contribution is -0.0299. The van der Waals surface area contributed by atoms with Gasteiger partial charge in [0.1, 0.15) is 0 Å². The fourth-order valence-corrected chi connectivity index (χ4v) is 1.02. The monoisotopic (exact) mass is 175 g/mol. The van der Waals surface area contributed by atoms with Crippen LogP contribution in [0.15, 0.2) is 0 Å². The van der Waals surface area contributed by atoms with E-state index in [-0.39, 0.29) is 5.92 Å². The van der Waals surface area contributed by atoms with Crippen molar-refractivity contribution in [3.8, 4) is 0 Å². The van der Waals surface area contributed by atoms with Gasteiger partial charge in [0.05, 0.1) is 11.7 Å². The molecule has 0 heterocycles. The molecule has 3 nitrogen and oxygen atoms in total. The molecule has 0 aliphatic carbocycles. The normalized spacial score (nSPS) is 19.2. The van der Waals surface area contributed by atoms with Crippen LogP contribution in [0.2, 0.25) is 0 Å². The van der Waals surface area contributed by atoms with Gasteiger partial charge in [-0.2, -0.15) is 0 Å². The third-order valence-electron chi connectivity index (χ3n) is 2.33. The summed E-state index contributed by atoms with van der Waals surface area (Å²) in [6.45, 7) is 6.19. The standard InChI is InChI=1S/C9H21NO2/c1-7(2)9(3,12)5-8(11)6-10-4/h7-8,10-12H,5-6H2,1-4H3/t8-,9-/m0/s1. The summed E-state index contributed by atoms with van der Waals surface area (Å²) in [4.78, 5) is 0. The molecule has 2 atom stereocenters. The molecule has 3 heteroatoms. The van der Waals surface area contributed by atoms with Gasteiger partial charge in [-0.15, -0.1) is 0 Å². The second kappa shape index (κ2) is 4.80. The molecule has 0 unspecified atom stereocenters. The molecule has 0 spiro atoms. The summed E-state index contributed by atoms with van der Waals surface area (Å²) < 4.78 is 0. The van der Waals surface area contributed by atoms with E-state index in [9.17, 15) is 10.2 Å². The van der Waals surface area contributed by atoms with Gasteiger partial charge in [0.15, 0.2) is 0 Å². The van der Waals surface area contributed by atoms with E-state index in [1.165, 1.54) is 0 Å². The van der Waals surface area contributed by atoms with Crippen LogP contribution < -0.4 is 5.32 Å². The third kappa shape index (κ3) is 4.04. The molecule has 74 valence electrons. The number of hydrogen-bond acceptors (Lipinski definition) is 3. The zero-order valence-corrected chi connectivity index (χ0v) is 8.46. The first-order chi connectivity index (χ1) is 5.40. The molecule has 0 rings (SSSR count). The van der Waals surface area contributed by atoms with E-state index in [1.54, 1.807) is 14.0 Å². The Kier molecular flexibility index (Phi) is 4.75. The Labute approximate surface area is 74.8 Å². The van der Waals surface area contributed by atoms with Gasteiger partial charge in [0, 0.05) is 13.0 Å². The van der Waals surface area contributed by atoms with Crippen molar-refractivity contribution < 1.29 is 10.2 Å².